The number of ether oxygens (including phenoxy) is 1. The number of carbonyl (C=O) groups excluding carboxylic acids is 2. The molecule has 2 rings (SSSR count). The number of carbonyl (C=O) groups is 2. The summed E-state index contributed by atoms with van der Waals surface area (Å²) in [4.78, 5) is 28.4. The Morgan fingerprint density at radius 1 is 1.39 bits per heavy atom. The van der Waals surface area contributed by atoms with Crippen LogP contribution in [-0.2, 0) is 4.74 Å². The van der Waals surface area contributed by atoms with E-state index in [0.717, 1.165) is 0 Å². The lowest BCUT2D eigenvalue weighted by Crippen LogP contribution is -2.47. The first kappa shape index (κ1) is 21.7. The van der Waals surface area contributed by atoms with Gasteiger partial charge in [-0.2, -0.15) is 0 Å². The topological polar surface area (TPSA) is 94.4 Å². The fraction of sp³-hybridized carbons (Fsp3) is 0.556. The van der Waals surface area contributed by atoms with Crippen LogP contribution in [0, 0.1) is 5.82 Å². The Balaban J connectivity index is 2.01. The smallest absolute Gasteiger partial charge is 0.414 e. The molecule has 3 amide bonds. The fourth-order valence-electron chi connectivity index (χ4n) is 2.94. The number of benzene rings is 1. The number of hydrogen-bond acceptors (Lipinski definition) is 6. The zero-order valence-corrected chi connectivity index (χ0v) is 16.8. The highest BCUT2D eigenvalue weighted by molar-refractivity contribution is 5.90. The molecule has 0 aromatic heterocycles. The summed E-state index contributed by atoms with van der Waals surface area (Å²) in [6.45, 7) is 4.00. The normalized spacial score (nSPS) is 16.1. The lowest BCUT2D eigenvalue weighted by atomic mass is 10.2. The van der Waals surface area contributed by atoms with Gasteiger partial charge in [0.05, 0.1) is 17.9 Å². The maximum atomic E-state index is 14.7. The highest BCUT2D eigenvalue weighted by Gasteiger charge is 2.31. The zero-order valence-electron chi connectivity index (χ0n) is 16.8. The largest absolute Gasteiger partial charge is 0.443 e. The van der Waals surface area contributed by atoms with Crippen molar-refractivity contribution in [3.8, 4) is 0 Å². The monoisotopic (exact) mass is 396 g/mol. The van der Waals surface area contributed by atoms with E-state index >= 15 is 0 Å². The van der Waals surface area contributed by atoms with Gasteiger partial charge in [0.25, 0.3) is 0 Å². The van der Waals surface area contributed by atoms with Gasteiger partial charge in [-0.25, -0.2) is 19.4 Å². The van der Waals surface area contributed by atoms with Crippen LogP contribution >= 0.6 is 0 Å². The molecule has 1 aliphatic heterocycles. The van der Waals surface area contributed by atoms with Crippen LogP contribution in [0.5, 0.6) is 0 Å². The second-order valence-corrected chi connectivity index (χ2v) is 6.71. The molecule has 10 heteroatoms. The van der Waals surface area contributed by atoms with Crippen LogP contribution in [0.15, 0.2) is 18.2 Å². The Bertz CT molecular complexity index is 702. The van der Waals surface area contributed by atoms with Crippen molar-refractivity contribution in [2.45, 2.75) is 13.0 Å². The minimum Gasteiger partial charge on any atom is -0.443 e. The van der Waals surface area contributed by atoms with Crippen molar-refractivity contribution < 1.29 is 18.7 Å². The quantitative estimate of drug-likeness (QED) is 0.638. The molecule has 1 atom stereocenters. The van der Waals surface area contributed by atoms with Crippen LogP contribution in [0.2, 0.25) is 0 Å². The maximum absolute atomic E-state index is 14.7. The summed E-state index contributed by atoms with van der Waals surface area (Å²) in [6, 6.07) is 4.49. The van der Waals surface area contributed by atoms with E-state index in [1.807, 2.05) is 11.8 Å². The average Bonchev–Trinajstić information content (AvgIpc) is 3.05. The molecule has 1 aromatic carbocycles. The van der Waals surface area contributed by atoms with Gasteiger partial charge in [0.2, 0.25) is 0 Å². The molecule has 0 spiro atoms. The Morgan fingerprint density at radius 2 is 2.11 bits per heavy atom. The lowest BCUT2D eigenvalue weighted by Gasteiger charge is -2.27. The number of nitrogens with two attached hydrogens (primary N) is 1. The number of rotatable bonds is 8. The van der Waals surface area contributed by atoms with Crippen molar-refractivity contribution in [2.24, 2.45) is 5.73 Å². The first-order valence-corrected chi connectivity index (χ1v) is 9.19. The standard InChI is InChI=1S/C18H29FN6O3/c1-5-24(9-8-21-23(4)17(26)22(2)3)16-7-6-13(10-15(16)19)25-12-14(11-20)28-18(25)27/h6-7,10,14,21H,5,8-9,11-12,20H2,1-4H3/t14-/m0/s1. The van der Waals surface area contributed by atoms with Gasteiger partial charge < -0.3 is 20.3 Å². The predicted octanol–water partition coefficient (Wildman–Crippen LogP) is 1.05. The number of hydrazine groups is 1. The van der Waals surface area contributed by atoms with Gasteiger partial charge in [-0.15, -0.1) is 0 Å². The Hall–Kier alpha value is -2.59. The minimum absolute atomic E-state index is 0.174. The molecule has 0 aliphatic carbocycles. The number of hydrogen-bond donors (Lipinski definition) is 2. The van der Waals surface area contributed by atoms with Gasteiger partial charge in [-0.05, 0) is 25.1 Å². The van der Waals surface area contributed by atoms with E-state index in [-0.39, 0.29) is 18.7 Å². The average molecular weight is 396 g/mol. The van der Waals surface area contributed by atoms with E-state index in [9.17, 15) is 14.0 Å². The molecule has 28 heavy (non-hydrogen) atoms. The molecule has 0 bridgehead atoms. The number of halogens is 1. The third-order valence-electron chi connectivity index (χ3n) is 4.50. The molecule has 0 saturated carbocycles. The van der Waals surface area contributed by atoms with Crippen molar-refractivity contribution in [1.82, 2.24) is 15.3 Å². The summed E-state index contributed by atoms with van der Waals surface area (Å²) < 4.78 is 19.8. The van der Waals surface area contributed by atoms with Crippen molar-refractivity contribution in [3.05, 3.63) is 24.0 Å². The van der Waals surface area contributed by atoms with E-state index in [4.69, 9.17) is 10.5 Å². The third-order valence-corrected chi connectivity index (χ3v) is 4.50. The third kappa shape index (κ3) is 5.02. The van der Waals surface area contributed by atoms with Crippen molar-refractivity contribution in [1.29, 1.82) is 0 Å². The summed E-state index contributed by atoms with van der Waals surface area (Å²) in [5.41, 5.74) is 9.39. The van der Waals surface area contributed by atoms with Crippen molar-refractivity contribution in [3.63, 3.8) is 0 Å². The molecule has 1 heterocycles. The SMILES string of the molecule is CCN(CCNN(C)C(=O)N(C)C)c1ccc(N2C[C@H](CN)OC2=O)cc1F. The number of cyclic esters (lactones) is 1. The summed E-state index contributed by atoms with van der Waals surface area (Å²) in [5.74, 6) is -0.430. The van der Waals surface area contributed by atoms with E-state index in [1.165, 1.54) is 20.9 Å². The summed E-state index contributed by atoms with van der Waals surface area (Å²) in [6.07, 6.45) is -0.900. The number of urea groups is 1. The first-order valence-electron chi connectivity index (χ1n) is 9.19. The number of nitrogens with zero attached hydrogens (tertiary/aromatic N) is 4. The molecule has 1 fully saturated rings. The predicted molar refractivity (Wildman–Crippen MR) is 106 cm³/mol. The summed E-state index contributed by atoms with van der Waals surface area (Å²) in [7, 11) is 4.97. The van der Waals surface area contributed by atoms with Gasteiger partial charge in [-0.1, -0.05) is 0 Å². The maximum Gasteiger partial charge on any atom is 0.414 e. The fourth-order valence-corrected chi connectivity index (χ4v) is 2.94. The summed E-state index contributed by atoms with van der Waals surface area (Å²) >= 11 is 0. The summed E-state index contributed by atoms with van der Waals surface area (Å²) in [5, 5.41) is 1.39. The van der Waals surface area contributed by atoms with Crippen LogP contribution in [-0.4, -0.2) is 82.0 Å². The Morgan fingerprint density at radius 3 is 2.64 bits per heavy atom. The molecule has 0 radical (unpaired) electrons. The number of likely N-dealkylation sites (N-methyl/N-ethyl adjacent to an activating group) is 1. The van der Waals surface area contributed by atoms with Crippen LogP contribution in [0.3, 0.4) is 0 Å². The molecule has 3 N–H and O–H groups in total. The Labute approximate surface area is 164 Å². The second kappa shape index (κ2) is 9.56. The van der Waals surface area contributed by atoms with Gasteiger partial charge in [-0.3, -0.25) is 9.91 Å². The van der Waals surface area contributed by atoms with E-state index < -0.39 is 11.9 Å². The van der Waals surface area contributed by atoms with Crippen molar-refractivity contribution in [2.75, 3.05) is 63.7 Å². The van der Waals surface area contributed by atoms with Gasteiger partial charge in [0, 0.05) is 47.3 Å². The van der Waals surface area contributed by atoms with Crippen LogP contribution in [0.25, 0.3) is 0 Å². The zero-order chi connectivity index (χ0) is 20.8. The first-order chi connectivity index (χ1) is 13.3. The van der Waals surface area contributed by atoms with Gasteiger partial charge >= 0.3 is 12.1 Å². The lowest BCUT2D eigenvalue weighted by molar-refractivity contribution is 0.145. The van der Waals surface area contributed by atoms with Crippen LogP contribution in [0.1, 0.15) is 6.92 Å². The molecular weight excluding hydrogens is 367 g/mol. The highest BCUT2D eigenvalue weighted by atomic mass is 19.1. The number of nitrogens with one attached hydrogen (secondary N) is 1. The van der Waals surface area contributed by atoms with Gasteiger partial charge in [0.15, 0.2) is 0 Å². The minimum atomic E-state index is -0.521. The Kier molecular flexibility index (Phi) is 7.41. The molecule has 9 nitrogen and oxygen atoms in total. The molecule has 0 unspecified atom stereocenters. The number of amides is 3. The molecule has 1 aliphatic rings. The van der Waals surface area contributed by atoms with E-state index in [0.29, 0.717) is 37.6 Å². The van der Waals surface area contributed by atoms with Crippen molar-refractivity contribution >= 4 is 23.5 Å². The molecule has 1 aromatic rings. The second-order valence-electron chi connectivity index (χ2n) is 6.71. The molecular formula is C18H29FN6O3. The van der Waals surface area contributed by atoms with Crippen LogP contribution < -0.4 is 21.0 Å². The number of anilines is 2. The van der Waals surface area contributed by atoms with E-state index in [2.05, 4.69) is 5.43 Å². The highest BCUT2D eigenvalue weighted by Crippen LogP contribution is 2.27. The van der Waals surface area contributed by atoms with Crippen LogP contribution in [0.4, 0.5) is 25.4 Å². The molecule has 156 valence electrons. The van der Waals surface area contributed by atoms with Gasteiger partial charge in [0.1, 0.15) is 11.9 Å². The van der Waals surface area contributed by atoms with E-state index in [1.54, 1.807) is 33.3 Å². The molecule has 1 saturated heterocycles.